The van der Waals surface area contributed by atoms with Crippen molar-refractivity contribution in [2.24, 2.45) is 0 Å². The van der Waals surface area contributed by atoms with Crippen molar-refractivity contribution in [3.8, 4) is 6.07 Å². The van der Waals surface area contributed by atoms with Crippen molar-refractivity contribution in [1.29, 1.82) is 5.26 Å². The predicted octanol–water partition coefficient (Wildman–Crippen LogP) is 0.731. The van der Waals surface area contributed by atoms with E-state index in [9.17, 15) is 13.2 Å². The first-order chi connectivity index (χ1) is 8.22. The van der Waals surface area contributed by atoms with E-state index in [1.807, 2.05) is 0 Å². The van der Waals surface area contributed by atoms with Crippen LogP contribution < -0.4 is 0 Å². The number of rotatable bonds is 4. The fraction of sp³-hybridized carbons (Fsp3) is 0.364. The molecule has 0 bridgehead atoms. The Morgan fingerprint density at radius 2 is 2.17 bits per heavy atom. The fourth-order valence-electron chi connectivity index (χ4n) is 1.17. The van der Waals surface area contributed by atoms with Crippen molar-refractivity contribution >= 4 is 15.8 Å². The number of nitriles is 1. The summed E-state index contributed by atoms with van der Waals surface area (Å²) >= 11 is 0. The summed E-state index contributed by atoms with van der Waals surface area (Å²) in [7, 11) is -3.94. The maximum atomic E-state index is 12.0. The SMILES string of the molecule is CC(C)(C(=O)O)S(=O)(=O)Cc1cccnc1C#N. The van der Waals surface area contributed by atoms with Gasteiger partial charge in [-0.05, 0) is 19.9 Å². The van der Waals surface area contributed by atoms with E-state index < -0.39 is 26.3 Å². The van der Waals surface area contributed by atoms with E-state index in [4.69, 9.17) is 10.4 Å². The Morgan fingerprint density at radius 3 is 2.67 bits per heavy atom. The van der Waals surface area contributed by atoms with Gasteiger partial charge in [-0.25, -0.2) is 13.4 Å². The second-order valence-electron chi connectivity index (χ2n) is 4.20. The number of sulfone groups is 1. The van der Waals surface area contributed by atoms with E-state index >= 15 is 0 Å². The lowest BCUT2D eigenvalue weighted by molar-refractivity contribution is -0.139. The van der Waals surface area contributed by atoms with Crippen molar-refractivity contribution in [1.82, 2.24) is 4.98 Å². The third kappa shape index (κ3) is 2.49. The Kier molecular flexibility index (Phi) is 3.72. The molecular weight excluding hydrogens is 256 g/mol. The molecule has 96 valence electrons. The van der Waals surface area contributed by atoms with E-state index in [0.29, 0.717) is 0 Å². The summed E-state index contributed by atoms with van der Waals surface area (Å²) in [5, 5.41) is 17.7. The summed E-state index contributed by atoms with van der Waals surface area (Å²) in [6.45, 7) is 2.24. The minimum atomic E-state index is -3.94. The average molecular weight is 268 g/mol. The molecule has 1 rings (SSSR count). The van der Waals surface area contributed by atoms with Crippen LogP contribution in [0.1, 0.15) is 25.1 Å². The molecule has 0 unspecified atom stereocenters. The lowest BCUT2D eigenvalue weighted by Gasteiger charge is -2.19. The molecule has 1 aromatic heterocycles. The second kappa shape index (κ2) is 4.74. The van der Waals surface area contributed by atoms with Gasteiger partial charge in [-0.1, -0.05) is 6.07 Å². The molecule has 0 saturated heterocycles. The van der Waals surface area contributed by atoms with Crippen LogP contribution in [0.2, 0.25) is 0 Å². The first-order valence-electron chi connectivity index (χ1n) is 5.02. The first kappa shape index (κ1) is 14.1. The number of carbonyl (C=O) groups is 1. The fourth-order valence-corrected chi connectivity index (χ4v) is 2.44. The van der Waals surface area contributed by atoms with Gasteiger partial charge in [0.15, 0.2) is 14.6 Å². The van der Waals surface area contributed by atoms with Crippen molar-refractivity contribution in [3.63, 3.8) is 0 Å². The highest BCUT2D eigenvalue weighted by atomic mass is 32.2. The quantitative estimate of drug-likeness (QED) is 0.862. The lowest BCUT2D eigenvalue weighted by atomic mass is 10.2. The molecule has 0 fully saturated rings. The molecular formula is C11H12N2O4S. The van der Waals surface area contributed by atoms with Gasteiger partial charge in [-0.3, -0.25) is 4.79 Å². The summed E-state index contributed by atoms with van der Waals surface area (Å²) in [4.78, 5) is 14.7. The summed E-state index contributed by atoms with van der Waals surface area (Å²) in [5.74, 6) is -1.95. The highest BCUT2D eigenvalue weighted by molar-refractivity contribution is 7.92. The van der Waals surface area contributed by atoms with Gasteiger partial charge in [0.25, 0.3) is 0 Å². The van der Waals surface area contributed by atoms with Gasteiger partial charge in [0.1, 0.15) is 11.8 Å². The Hall–Kier alpha value is -1.94. The number of hydrogen-bond donors (Lipinski definition) is 1. The third-order valence-electron chi connectivity index (χ3n) is 2.64. The van der Waals surface area contributed by atoms with Crippen LogP contribution in [0.25, 0.3) is 0 Å². The van der Waals surface area contributed by atoms with Gasteiger partial charge in [-0.2, -0.15) is 5.26 Å². The number of carboxylic acid groups (broad SMARTS) is 1. The lowest BCUT2D eigenvalue weighted by Crippen LogP contribution is -2.41. The third-order valence-corrected chi connectivity index (χ3v) is 5.06. The van der Waals surface area contributed by atoms with Gasteiger partial charge < -0.3 is 5.11 Å². The second-order valence-corrected chi connectivity index (χ2v) is 6.74. The Balaban J connectivity index is 3.20. The Labute approximate surface area is 105 Å². The minimum Gasteiger partial charge on any atom is -0.480 e. The number of hydrogen-bond acceptors (Lipinski definition) is 5. The van der Waals surface area contributed by atoms with Crippen LogP contribution in [0, 0.1) is 11.3 Å². The summed E-state index contributed by atoms with van der Waals surface area (Å²) in [6.07, 6.45) is 1.37. The number of aromatic nitrogens is 1. The first-order valence-corrected chi connectivity index (χ1v) is 6.67. The predicted molar refractivity (Wildman–Crippen MR) is 63.3 cm³/mol. The standard InChI is InChI=1S/C11H12N2O4S/c1-11(2,10(14)15)18(16,17)7-8-4-3-5-13-9(8)6-12/h3-5H,7H2,1-2H3,(H,14,15). The number of aliphatic carboxylic acids is 1. The van der Waals surface area contributed by atoms with E-state index in [1.165, 1.54) is 18.3 Å². The molecule has 1 N–H and O–H groups in total. The van der Waals surface area contributed by atoms with Crippen molar-refractivity contribution in [3.05, 3.63) is 29.6 Å². The number of carboxylic acids is 1. The molecule has 0 aromatic carbocycles. The van der Waals surface area contributed by atoms with Gasteiger partial charge >= 0.3 is 5.97 Å². The number of pyridine rings is 1. The average Bonchev–Trinajstić information content (AvgIpc) is 2.28. The zero-order valence-corrected chi connectivity index (χ0v) is 10.7. The van der Waals surface area contributed by atoms with E-state index in [0.717, 1.165) is 13.8 Å². The smallest absolute Gasteiger partial charge is 0.324 e. The van der Waals surface area contributed by atoms with Crippen LogP contribution >= 0.6 is 0 Å². The summed E-state index contributed by atoms with van der Waals surface area (Å²) in [5.41, 5.74) is 0.191. The van der Waals surface area contributed by atoms with Crippen molar-refractivity contribution < 1.29 is 18.3 Å². The monoisotopic (exact) mass is 268 g/mol. The molecule has 0 saturated carbocycles. The minimum absolute atomic E-state index is 0.0118. The molecule has 0 radical (unpaired) electrons. The molecule has 1 heterocycles. The molecule has 6 nitrogen and oxygen atoms in total. The number of nitrogens with zero attached hydrogens (tertiary/aromatic N) is 2. The Morgan fingerprint density at radius 1 is 1.56 bits per heavy atom. The molecule has 0 atom stereocenters. The highest BCUT2D eigenvalue weighted by Gasteiger charge is 2.42. The molecule has 0 aliphatic heterocycles. The van der Waals surface area contributed by atoms with Crippen LogP contribution in [0.15, 0.2) is 18.3 Å². The summed E-state index contributed by atoms with van der Waals surface area (Å²) < 4.78 is 22.1. The largest absolute Gasteiger partial charge is 0.480 e. The van der Waals surface area contributed by atoms with Gasteiger partial charge in [-0.15, -0.1) is 0 Å². The van der Waals surface area contributed by atoms with Crippen molar-refractivity contribution in [2.75, 3.05) is 0 Å². The van der Waals surface area contributed by atoms with Crippen LogP contribution in [0.3, 0.4) is 0 Å². The maximum Gasteiger partial charge on any atom is 0.324 e. The van der Waals surface area contributed by atoms with Gasteiger partial charge in [0, 0.05) is 11.8 Å². The Bertz CT molecular complexity index is 614. The topological polar surface area (TPSA) is 108 Å². The maximum absolute atomic E-state index is 12.0. The molecule has 0 amide bonds. The molecule has 0 aliphatic carbocycles. The zero-order chi connectivity index (χ0) is 14.0. The molecule has 0 spiro atoms. The van der Waals surface area contributed by atoms with Crippen LogP contribution in [0.5, 0.6) is 0 Å². The zero-order valence-electron chi connectivity index (χ0n) is 9.91. The van der Waals surface area contributed by atoms with E-state index in [2.05, 4.69) is 4.98 Å². The van der Waals surface area contributed by atoms with Crippen LogP contribution in [-0.2, 0) is 20.4 Å². The molecule has 18 heavy (non-hydrogen) atoms. The van der Waals surface area contributed by atoms with Crippen molar-refractivity contribution in [2.45, 2.75) is 24.3 Å². The normalized spacial score (nSPS) is 11.8. The van der Waals surface area contributed by atoms with Crippen LogP contribution in [-0.4, -0.2) is 29.2 Å². The van der Waals surface area contributed by atoms with Gasteiger partial charge in [0.2, 0.25) is 0 Å². The summed E-state index contributed by atoms with van der Waals surface area (Å²) in [6, 6.07) is 4.72. The molecule has 1 aromatic rings. The van der Waals surface area contributed by atoms with E-state index in [1.54, 1.807) is 6.07 Å². The van der Waals surface area contributed by atoms with Crippen LogP contribution in [0.4, 0.5) is 0 Å². The van der Waals surface area contributed by atoms with Gasteiger partial charge in [0.05, 0.1) is 5.75 Å². The van der Waals surface area contributed by atoms with E-state index in [-0.39, 0.29) is 11.3 Å². The molecule has 7 heteroatoms. The molecule has 0 aliphatic rings. The highest BCUT2D eigenvalue weighted by Crippen LogP contribution is 2.22.